The van der Waals surface area contributed by atoms with Crippen LogP contribution < -0.4 is 10.1 Å². The average molecular weight is 450 g/mol. The molecule has 7 nitrogen and oxygen atoms in total. The number of rotatable bonds is 8. The molecule has 1 saturated heterocycles. The van der Waals surface area contributed by atoms with Crippen LogP contribution in [0.4, 0.5) is 4.79 Å². The van der Waals surface area contributed by atoms with Crippen LogP contribution in [0.5, 0.6) is 5.75 Å². The zero-order valence-corrected chi connectivity index (χ0v) is 18.9. The van der Waals surface area contributed by atoms with Gasteiger partial charge in [0, 0.05) is 31.2 Å². The molecule has 4 rings (SSSR count). The Morgan fingerprint density at radius 1 is 1.24 bits per heavy atom. The van der Waals surface area contributed by atoms with Gasteiger partial charge >= 0.3 is 6.09 Å². The molecule has 1 unspecified atom stereocenters. The van der Waals surface area contributed by atoms with Crippen molar-refractivity contribution in [2.75, 3.05) is 33.3 Å². The predicted molar refractivity (Wildman–Crippen MR) is 127 cm³/mol. The van der Waals surface area contributed by atoms with Crippen LogP contribution in [-0.2, 0) is 11.3 Å². The third kappa shape index (κ3) is 6.21. The van der Waals surface area contributed by atoms with Gasteiger partial charge in [0.05, 0.1) is 18.7 Å². The summed E-state index contributed by atoms with van der Waals surface area (Å²) in [5.74, 6) is 1.07. The van der Waals surface area contributed by atoms with Crippen LogP contribution in [-0.4, -0.2) is 54.4 Å². The van der Waals surface area contributed by atoms with Gasteiger partial charge in [-0.3, -0.25) is 4.98 Å². The molecule has 7 heteroatoms. The van der Waals surface area contributed by atoms with E-state index >= 15 is 0 Å². The molecule has 0 spiro atoms. The van der Waals surface area contributed by atoms with Crippen LogP contribution >= 0.6 is 0 Å². The zero-order valence-electron chi connectivity index (χ0n) is 18.9. The summed E-state index contributed by atoms with van der Waals surface area (Å²) in [4.78, 5) is 18.7. The van der Waals surface area contributed by atoms with Crippen LogP contribution in [0.3, 0.4) is 0 Å². The molecule has 3 aromatic rings. The Labute approximate surface area is 194 Å². The SMILES string of the molecule is COc1ccc2nccc(C(O)CN3CCC[C@@H](CNC(=O)OCc4ccccc4)C3)c2c1. The van der Waals surface area contributed by atoms with Gasteiger partial charge in [0.15, 0.2) is 0 Å². The van der Waals surface area contributed by atoms with E-state index in [1.165, 1.54) is 0 Å². The van der Waals surface area contributed by atoms with Crippen molar-refractivity contribution in [3.8, 4) is 5.75 Å². The number of fused-ring (bicyclic) bond motifs is 1. The molecule has 0 saturated carbocycles. The largest absolute Gasteiger partial charge is 0.497 e. The number of aromatic nitrogens is 1. The van der Waals surface area contributed by atoms with Gasteiger partial charge < -0.3 is 24.8 Å². The smallest absolute Gasteiger partial charge is 0.407 e. The van der Waals surface area contributed by atoms with Crippen molar-refractivity contribution in [2.24, 2.45) is 5.92 Å². The zero-order chi connectivity index (χ0) is 23.0. The van der Waals surface area contributed by atoms with Crippen LogP contribution in [0.25, 0.3) is 10.9 Å². The number of likely N-dealkylation sites (tertiary alicyclic amines) is 1. The quantitative estimate of drug-likeness (QED) is 0.542. The second kappa shape index (κ2) is 11.1. The molecule has 1 aliphatic heterocycles. The van der Waals surface area contributed by atoms with Crippen LogP contribution in [0, 0.1) is 5.92 Å². The molecule has 1 fully saturated rings. The first-order chi connectivity index (χ1) is 16.1. The summed E-state index contributed by atoms with van der Waals surface area (Å²) >= 11 is 0. The number of β-amino-alcohol motifs (C(OH)–C–C–N with tert-alkyl or cyclic N) is 1. The van der Waals surface area contributed by atoms with E-state index < -0.39 is 12.2 Å². The monoisotopic (exact) mass is 449 g/mol. The molecule has 1 aromatic heterocycles. The molecule has 2 atom stereocenters. The Bertz CT molecular complexity index is 1060. The van der Waals surface area contributed by atoms with E-state index in [4.69, 9.17) is 9.47 Å². The standard InChI is InChI=1S/C26H31N3O4/c1-32-21-9-10-24-23(14-21)22(11-12-27-24)25(30)17-29-13-5-8-20(16-29)15-28-26(31)33-18-19-6-3-2-4-7-19/h2-4,6-7,9-12,14,20,25,30H,5,8,13,15-18H2,1H3,(H,28,31)/t20-,25?/m0/s1. The molecular weight excluding hydrogens is 418 g/mol. The van der Waals surface area contributed by atoms with Gasteiger partial charge in [0.1, 0.15) is 12.4 Å². The van der Waals surface area contributed by atoms with Gasteiger partial charge in [-0.25, -0.2) is 4.79 Å². The second-order valence-corrected chi connectivity index (χ2v) is 8.51. The van der Waals surface area contributed by atoms with Crippen LogP contribution in [0.1, 0.15) is 30.1 Å². The number of methoxy groups -OCH3 is 1. The Hall–Kier alpha value is -3.16. The number of pyridine rings is 1. The van der Waals surface area contributed by atoms with E-state index in [9.17, 15) is 9.90 Å². The van der Waals surface area contributed by atoms with Gasteiger partial charge in [-0.2, -0.15) is 0 Å². The average Bonchev–Trinajstić information content (AvgIpc) is 2.86. The number of aliphatic hydroxyl groups is 1. The first-order valence-electron chi connectivity index (χ1n) is 11.4. The first kappa shape index (κ1) is 23.0. The van der Waals surface area contributed by atoms with E-state index in [1.54, 1.807) is 13.3 Å². The van der Waals surface area contributed by atoms with Gasteiger partial charge in [0.25, 0.3) is 0 Å². The number of ether oxygens (including phenoxy) is 2. The Morgan fingerprint density at radius 2 is 2.09 bits per heavy atom. The summed E-state index contributed by atoms with van der Waals surface area (Å²) in [6.07, 6.45) is 2.78. The number of hydrogen-bond acceptors (Lipinski definition) is 6. The Balaban J connectivity index is 1.29. The number of carbonyl (C=O) groups excluding carboxylic acids is 1. The van der Waals surface area contributed by atoms with E-state index in [2.05, 4.69) is 15.2 Å². The molecule has 1 amide bonds. The minimum atomic E-state index is -0.634. The van der Waals surface area contributed by atoms with E-state index in [0.717, 1.165) is 53.7 Å². The molecule has 174 valence electrons. The van der Waals surface area contributed by atoms with Gasteiger partial charge in [0.2, 0.25) is 0 Å². The minimum Gasteiger partial charge on any atom is -0.497 e. The summed E-state index contributed by atoms with van der Waals surface area (Å²) in [5.41, 5.74) is 2.65. The molecule has 0 radical (unpaired) electrons. The van der Waals surface area contributed by atoms with E-state index in [-0.39, 0.29) is 6.61 Å². The molecule has 2 aromatic carbocycles. The summed E-state index contributed by atoms with van der Waals surface area (Å²) in [6, 6.07) is 17.2. The molecule has 2 N–H and O–H groups in total. The number of benzene rings is 2. The number of carbonyl (C=O) groups is 1. The molecule has 0 aliphatic carbocycles. The lowest BCUT2D eigenvalue weighted by Gasteiger charge is -2.34. The highest BCUT2D eigenvalue weighted by atomic mass is 16.5. The number of hydrogen-bond donors (Lipinski definition) is 2. The fraction of sp³-hybridized carbons (Fsp3) is 0.385. The Morgan fingerprint density at radius 3 is 2.91 bits per heavy atom. The topological polar surface area (TPSA) is 83.9 Å². The summed E-state index contributed by atoms with van der Waals surface area (Å²) in [5, 5.41) is 14.8. The van der Waals surface area contributed by atoms with Crippen molar-refractivity contribution >= 4 is 17.0 Å². The first-order valence-corrected chi connectivity index (χ1v) is 11.4. The summed E-state index contributed by atoms with van der Waals surface area (Å²) in [7, 11) is 1.63. The van der Waals surface area contributed by atoms with Crippen molar-refractivity contribution < 1.29 is 19.4 Å². The van der Waals surface area contributed by atoms with Crippen molar-refractivity contribution in [2.45, 2.75) is 25.6 Å². The normalized spacial score (nSPS) is 17.5. The lowest BCUT2D eigenvalue weighted by Crippen LogP contribution is -2.42. The van der Waals surface area contributed by atoms with Gasteiger partial charge in [-0.1, -0.05) is 30.3 Å². The highest BCUT2D eigenvalue weighted by Gasteiger charge is 2.24. The number of aliphatic hydroxyl groups excluding tert-OH is 1. The lowest BCUT2D eigenvalue weighted by atomic mass is 9.96. The van der Waals surface area contributed by atoms with Crippen LogP contribution in [0.2, 0.25) is 0 Å². The van der Waals surface area contributed by atoms with Crippen molar-refractivity contribution in [1.29, 1.82) is 0 Å². The predicted octanol–water partition coefficient (Wildman–Crippen LogP) is 3.92. The number of nitrogens with one attached hydrogen (secondary N) is 1. The van der Waals surface area contributed by atoms with Crippen molar-refractivity contribution in [1.82, 2.24) is 15.2 Å². The molecule has 33 heavy (non-hydrogen) atoms. The number of alkyl carbamates (subject to hydrolysis) is 1. The Kier molecular flexibility index (Phi) is 7.75. The van der Waals surface area contributed by atoms with Gasteiger partial charge in [-0.15, -0.1) is 0 Å². The fourth-order valence-electron chi connectivity index (χ4n) is 4.39. The maximum Gasteiger partial charge on any atom is 0.407 e. The van der Waals surface area contributed by atoms with Crippen molar-refractivity contribution in [3.63, 3.8) is 0 Å². The highest BCUT2D eigenvalue weighted by molar-refractivity contribution is 5.83. The second-order valence-electron chi connectivity index (χ2n) is 8.51. The number of amides is 1. The maximum absolute atomic E-state index is 12.1. The summed E-state index contributed by atoms with van der Waals surface area (Å²) < 4.78 is 10.7. The third-order valence-corrected chi connectivity index (χ3v) is 6.12. The van der Waals surface area contributed by atoms with Gasteiger partial charge in [-0.05, 0) is 60.7 Å². The molecule has 0 bridgehead atoms. The molecule has 2 heterocycles. The molecule has 1 aliphatic rings. The highest BCUT2D eigenvalue weighted by Crippen LogP contribution is 2.28. The van der Waals surface area contributed by atoms with Crippen molar-refractivity contribution in [3.05, 3.63) is 71.9 Å². The van der Waals surface area contributed by atoms with E-state index in [1.807, 2.05) is 54.6 Å². The summed E-state index contributed by atoms with van der Waals surface area (Å²) in [6.45, 7) is 3.11. The van der Waals surface area contributed by atoms with Crippen LogP contribution in [0.15, 0.2) is 60.8 Å². The number of piperidine rings is 1. The third-order valence-electron chi connectivity index (χ3n) is 6.12. The van der Waals surface area contributed by atoms with E-state index in [0.29, 0.717) is 19.0 Å². The lowest BCUT2D eigenvalue weighted by molar-refractivity contribution is 0.0833. The maximum atomic E-state index is 12.1. The minimum absolute atomic E-state index is 0.264. The fourth-order valence-corrected chi connectivity index (χ4v) is 4.39. The molecular formula is C26H31N3O4. The number of nitrogens with zero attached hydrogens (tertiary/aromatic N) is 2.